The number of amides is 2. The van der Waals surface area contributed by atoms with E-state index in [1.165, 1.54) is 4.90 Å². The number of aryl methyl sites for hydroxylation is 1. The first-order valence-corrected chi connectivity index (χ1v) is 16.9. The van der Waals surface area contributed by atoms with Crippen LogP contribution in [-0.2, 0) is 45.2 Å². The van der Waals surface area contributed by atoms with E-state index in [4.69, 9.17) is 43.5 Å². The molecule has 3 aliphatic rings. The molecule has 1 aromatic heterocycles. The molecule has 2 saturated heterocycles. The van der Waals surface area contributed by atoms with Crippen LogP contribution in [0.15, 0.2) is 36.4 Å². The van der Waals surface area contributed by atoms with Crippen LogP contribution >= 0.6 is 23.2 Å². The zero-order valence-electron chi connectivity index (χ0n) is 26.6. The van der Waals surface area contributed by atoms with E-state index >= 15 is 0 Å². The molecular formula is C35H40Cl2N6O4. The largest absolute Gasteiger partial charge is 0.379 e. The van der Waals surface area contributed by atoms with Crippen molar-refractivity contribution in [2.45, 2.75) is 58.0 Å². The van der Waals surface area contributed by atoms with Gasteiger partial charge in [0.15, 0.2) is 0 Å². The highest BCUT2D eigenvalue weighted by Gasteiger charge is 2.30. The third-order valence-electron chi connectivity index (χ3n) is 9.07. The number of nitrogens with zero attached hydrogens (tertiary/aromatic N) is 4. The van der Waals surface area contributed by atoms with E-state index in [9.17, 15) is 9.59 Å². The first-order valence-electron chi connectivity index (χ1n) is 16.2. The summed E-state index contributed by atoms with van der Waals surface area (Å²) in [7, 11) is 0. The molecule has 0 bridgehead atoms. The Morgan fingerprint density at radius 1 is 1.13 bits per heavy atom. The maximum absolute atomic E-state index is 12.6. The summed E-state index contributed by atoms with van der Waals surface area (Å²) in [6.45, 7) is 9.18. The normalized spacial score (nSPS) is 19.7. The fourth-order valence-corrected chi connectivity index (χ4v) is 6.74. The Labute approximate surface area is 285 Å². The lowest BCUT2D eigenvalue weighted by molar-refractivity contribution is -0.144. The Balaban J connectivity index is 1.25. The van der Waals surface area contributed by atoms with Gasteiger partial charge in [0.1, 0.15) is 0 Å². The second kappa shape index (κ2) is 15.2. The highest BCUT2D eigenvalue weighted by atomic mass is 35.5. The van der Waals surface area contributed by atoms with Crippen molar-refractivity contribution < 1.29 is 19.1 Å². The van der Waals surface area contributed by atoms with Gasteiger partial charge >= 0.3 is 11.8 Å². The number of ether oxygens (including phenoxy) is 2. The average molecular weight is 680 g/mol. The van der Waals surface area contributed by atoms with Crippen LogP contribution in [0.3, 0.4) is 0 Å². The highest BCUT2D eigenvalue weighted by Crippen LogP contribution is 2.32. The van der Waals surface area contributed by atoms with Gasteiger partial charge in [-0.25, -0.2) is 0 Å². The van der Waals surface area contributed by atoms with Crippen LogP contribution in [0, 0.1) is 11.8 Å². The molecule has 3 N–H and O–H groups in total. The fraction of sp³-hybridized carbons (Fsp3) is 0.457. The fourth-order valence-electron chi connectivity index (χ4n) is 6.40. The SMILES string of the molecule is CC1COCCN1CCCn1nc(-c2ccc(Cl)c(C#Cc3ccc(Cl)c(CO[C@H]4CCNC4)c3)c2)c2c1CCN(C(=O)C(N)=O)C2. The van der Waals surface area contributed by atoms with E-state index in [-0.39, 0.29) is 12.6 Å². The van der Waals surface area contributed by atoms with Crippen LogP contribution in [0.1, 0.15) is 47.7 Å². The lowest BCUT2D eigenvalue weighted by Crippen LogP contribution is -2.44. The Bertz CT molecular complexity index is 1690. The number of benzene rings is 2. The number of nitrogens with one attached hydrogen (secondary N) is 1. The Kier molecular flexibility index (Phi) is 10.8. The molecule has 0 saturated carbocycles. The molecule has 10 nitrogen and oxygen atoms in total. The van der Waals surface area contributed by atoms with Crippen molar-refractivity contribution in [2.75, 3.05) is 45.9 Å². The van der Waals surface area contributed by atoms with Crippen LogP contribution in [-0.4, -0.2) is 89.5 Å². The van der Waals surface area contributed by atoms with Crippen molar-refractivity contribution in [3.63, 3.8) is 0 Å². The van der Waals surface area contributed by atoms with Gasteiger partial charge in [0.05, 0.1) is 43.2 Å². The van der Waals surface area contributed by atoms with Crippen LogP contribution in [0.25, 0.3) is 11.3 Å². The highest BCUT2D eigenvalue weighted by molar-refractivity contribution is 6.34. The zero-order valence-corrected chi connectivity index (χ0v) is 28.1. The molecule has 4 heterocycles. The molecule has 2 aromatic carbocycles. The molecule has 6 rings (SSSR count). The average Bonchev–Trinajstić information content (AvgIpc) is 3.73. The summed E-state index contributed by atoms with van der Waals surface area (Å²) in [6, 6.07) is 11.7. The second-order valence-corrected chi connectivity index (χ2v) is 13.1. The molecule has 248 valence electrons. The summed E-state index contributed by atoms with van der Waals surface area (Å²) >= 11 is 13.1. The predicted octanol–water partition coefficient (Wildman–Crippen LogP) is 3.62. The number of fused-ring (bicyclic) bond motifs is 1. The van der Waals surface area contributed by atoms with E-state index in [2.05, 4.69) is 33.7 Å². The van der Waals surface area contributed by atoms with Crippen LogP contribution in [0.2, 0.25) is 10.0 Å². The smallest absolute Gasteiger partial charge is 0.311 e. The number of hydrogen-bond acceptors (Lipinski definition) is 7. The number of rotatable bonds is 8. The van der Waals surface area contributed by atoms with Gasteiger partial charge in [0.25, 0.3) is 0 Å². The van der Waals surface area contributed by atoms with Crippen molar-refractivity contribution in [3.05, 3.63) is 74.4 Å². The van der Waals surface area contributed by atoms with Crippen LogP contribution in [0.5, 0.6) is 0 Å². The molecular weight excluding hydrogens is 639 g/mol. The minimum atomic E-state index is -0.960. The topological polar surface area (TPSA) is 115 Å². The summed E-state index contributed by atoms with van der Waals surface area (Å²) < 4.78 is 13.7. The monoisotopic (exact) mass is 678 g/mol. The summed E-state index contributed by atoms with van der Waals surface area (Å²) in [5.74, 6) is 4.82. The van der Waals surface area contributed by atoms with Crippen molar-refractivity contribution >= 4 is 35.0 Å². The molecule has 47 heavy (non-hydrogen) atoms. The Morgan fingerprint density at radius 3 is 2.77 bits per heavy atom. The molecule has 1 unspecified atom stereocenters. The van der Waals surface area contributed by atoms with E-state index in [1.54, 1.807) is 0 Å². The van der Waals surface area contributed by atoms with Gasteiger partial charge in [-0.15, -0.1) is 0 Å². The first kappa shape index (κ1) is 33.5. The molecule has 0 spiro atoms. The number of primary amides is 1. The number of halogens is 2. The van der Waals surface area contributed by atoms with Gasteiger partial charge in [-0.2, -0.15) is 5.10 Å². The Morgan fingerprint density at radius 2 is 1.98 bits per heavy atom. The first-order chi connectivity index (χ1) is 22.8. The molecule has 2 fully saturated rings. The maximum atomic E-state index is 12.6. The second-order valence-electron chi connectivity index (χ2n) is 12.3. The molecule has 2 amide bonds. The molecule has 12 heteroatoms. The lowest BCUT2D eigenvalue weighted by Gasteiger charge is -2.33. The van der Waals surface area contributed by atoms with Gasteiger partial charge in [-0.05, 0) is 62.2 Å². The maximum Gasteiger partial charge on any atom is 0.311 e. The number of aromatic nitrogens is 2. The van der Waals surface area contributed by atoms with Crippen LogP contribution in [0.4, 0.5) is 0 Å². The summed E-state index contributed by atoms with van der Waals surface area (Å²) in [5, 5.41) is 9.53. The third-order valence-corrected chi connectivity index (χ3v) is 9.77. The summed E-state index contributed by atoms with van der Waals surface area (Å²) in [5.41, 5.74) is 11.3. The van der Waals surface area contributed by atoms with Gasteiger partial charge < -0.3 is 25.4 Å². The minimum absolute atomic E-state index is 0.186. The van der Waals surface area contributed by atoms with Gasteiger partial charge in [-0.3, -0.25) is 19.2 Å². The summed E-state index contributed by atoms with van der Waals surface area (Å²) in [4.78, 5) is 28.3. The number of nitrogens with two attached hydrogens (primary N) is 1. The Hall–Kier alpha value is -3.43. The van der Waals surface area contributed by atoms with E-state index in [1.807, 2.05) is 36.4 Å². The number of morpholine rings is 1. The zero-order chi connectivity index (χ0) is 32.9. The van der Waals surface area contributed by atoms with Gasteiger partial charge in [0.2, 0.25) is 0 Å². The van der Waals surface area contributed by atoms with E-state index in [0.29, 0.717) is 41.2 Å². The van der Waals surface area contributed by atoms with E-state index in [0.717, 1.165) is 92.4 Å². The van der Waals surface area contributed by atoms with Crippen molar-refractivity contribution in [3.8, 4) is 23.1 Å². The number of hydrogen-bond donors (Lipinski definition) is 2. The van der Waals surface area contributed by atoms with Crippen LogP contribution < -0.4 is 11.1 Å². The molecule has 0 aliphatic carbocycles. The third kappa shape index (κ3) is 8.00. The standard InChI is InChI=1S/C35H40Cl2N6O4/c1-23-21-46-16-15-41(23)12-2-13-43-32-10-14-42(35(45)34(38)44)20-29(32)33(40-43)26-6-8-30(36)25(18-26)5-3-24-4-7-31(37)27(17-24)22-47-28-9-11-39-19-28/h4,6-8,17-18,23,28,39H,2,9-16,19-22H2,1H3,(H2,38,44)/t23?,28-/m0/s1. The van der Waals surface area contributed by atoms with Gasteiger partial charge in [0, 0.05) is 78.2 Å². The summed E-state index contributed by atoms with van der Waals surface area (Å²) in [6.07, 6.45) is 2.67. The predicted molar refractivity (Wildman–Crippen MR) is 181 cm³/mol. The van der Waals surface area contributed by atoms with Gasteiger partial charge in [-0.1, -0.05) is 41.1 Å². The minimum Gasteiger partial charge on any atom is -0.379 e. The number of carbonyl (C=O) groups is 2. The molecule has 0 radical (unpaired) electrons. The van der Waals surface area contributed by atoms with E-state index < -0.39 is 11.8 Å². The number of carbonyl (C=O) groups excluding carboxylic acids is 2. The quantitative estimate of drug-likeness (QED) is 0.276. The molecule has 3 aromatic rings. The molecule has 2 atom stereocenters. The van der Waals surface area contributed by atoms with Crippen molar-refractivity contribution in [1.29, 1.82) is 0 Å². The molecule has 3 aliphatic heterocycles. The lowest BCUT2D eigenvalue weighted by atomic mass is 9.99. The van der Waals surface area contributed by atoms with Crippen molar-refractivity contribution in [1.82, 2.24) is 24.9 Å². The van der Waals surface area contributed by atoms with Crippen molar-refractivity contribution in [2.24, 2.45) is 5.73 Å².